The second kappa shape index (κ2) is 6.62. The summed E-state index contributed by atoms with van der Waals surface area (Å²) in [5.74, 6) is -0.653. The molecule has 3 N–H and O–H groups in total. The fraction of sp³-hybridized carbons (Fsp3) is 0.167. The van der Waals surface area contributed by atoms with Gasteiger partial charge in [0.1, 0.15) is 5.82 Å². The third-order valence-corrected chi connectivity index (χ3v) is 3.70. The number of halogens is 1. The summed E-state index contributed by atoms with van der Waals surface area (Å²) < 4.78 is 13.2. The average molecular weight is 312 g/mol. The molecule has 0 aliphatic rings. The van der Waals surface area contributed by atoms with E-state index in [2.05, 4.69) is 10.3 Å². The van der Waals surface area contributed by atoms with Crippen LogP contribution in [0.3, 0.4) is 0 Å². The van der Waals surface area contributed by atoms with Crippen molar-refractivity contribution in [2.75, 3.05) is 6.54 Å². The van der Waals surface area contributed by atoms with E-state index in [4.69, 9.17) is 0 Å². The Morgan fingerprint density at radius 3 is 2.78 bits per heavy atom. The van der Waals surface area contributed by atoms with Crippen LogP contribution in [-0.4, -0.2) is 28.6 Å². The highest BCUT2D eigenvalue weighted by atomic mass is 19.1. The summed E-state index contributed by atoms with van der Waals surface area (Å²) in [5.41, 5.74) is 2.02. The second-order valence-electron chi connectivity index (χ2n) is 5.45. The van der Waals surface area contributed by atoms with Gasteiger partial charge in [0.25, 0.3) is 5.91 Å². The number of hydrogen-bond acceptors (Lipinski definition) is 2. The molecule has 0 radical (unpaired) electrons. The molecule has 1 aromatic heterocycles. The molecule has 3 rings (SSSR count). The van der Waals surface area contributed by atoms with Gasteiger partial charge in [0.15, 0.2) is 0 Å². The molecule has 1 amide bonds. The van der Waals surface area contributed by atoms with Gasteiger partial charge in [0.05, 0.1) is 11.7 Å². The van der Waals surface area contributed by atoms with E-state index in [-0.39, 0.29) is 18.3 Å². The normalized spacial score (nSPS) is 12.3. The van der Waals surface area contributed by atoms with Crippen LogP contribution in [0.1, 0.15) is 15.9 Å². The number of carbonyl (C=O) groups is 1. The van der Waals surface area contributed by atoms with Gasteiger partial charge in [0.2, 0.25) is 0 Å². The van der Waals surface area contributed by atoms with E-state index in [1.165, 1.54) is 12.1 Å². The van der Waals surface area contributed by atoms with Gasteiger partial charge in [-0.3, -0.25) is 4.79 Å². The average Bonchev–Trinajstić information content (AvgIpc) is 2.96. The van der Waals surface area contributed by atoms with Gasteiger partial charge >= 0.3 is 0 Å². The van der Waals surface area contributed by atoms with Crippen molar-refractivity contribution < 1.29 is 14.3 Å². The largest absolute Gasteiger partial charge is 0.391 e. The molecule has 0 bridgehead atoms. The van der Waals surface area contributed by atoms with Gasteiger partial charge in [-0.25, -0.2) is 4.39 Å². The Labute approximate surface area is 133 Å². The molecule has 0 saturated carbocycles. The van der Waals surface area contributed by atoms with Gasteiger partial charge in [-0.05, 0) is 23.8 Å². The Morgan fingerprint density at radius 1 is 1.22 bits per heavy atom. The molecular formula is C18H17FN2O2. The highest BCUT2D eigenvalue weighted by molar-refractivity contribution is 6.06. The minimum Gasteiger partial charge on any atom is -0.391 e. The minimum atomic E-state index is -0.663. The van der Waals surface area contributed by atoms with E-state index in [0.29, 0.717) is 22.9 Å². The monoisotopic (exact) mass is 312 g/mol. The van der Waals surface area contributed by atoms with Crippen molar-refractivity contribution in [1.82, 2.24) is 10.3 Å². The van der Waals surface area contributed by atoms with Crippen molar-refractivity contribution in [2.45, 2.75) is 12.5 Å². The molecule has 1 unspecified atom stereocenters. The molecule has 23 heavy (non-hydrogen) atoms. The highest BCUT2D eigenvalue weighted by Crippen LogP contribution is 2.19. The number of fused-ring (bicyclic) bond motifs is 1. The van der Waals surface area contributed by atoms with Crippen molar-refractivity contribution in [3.63, 3.8) is 0 Å². The van der Waals surface area contributed by atoms with Crippen LogP contribution in [0.15, 0.2) is 54.7 Å². The van der Waals surface area contributed by atoms with Crippen molar-refractivity contribution in [1.29, 1.82) is 0 Å². The lowest BCUT2D eigenvalue weighted by Crippen LogP contribution is -2.33. The smallest absolute Gasteiger partial charge is 0.253 e. The van der Waals surface area contributed by atoms with Crippen LogP contribution in [0.25, 0.3) is 10.9 Å². The molecule has 4 nitrogen and oxygen atoms in total. The van der Waals surface area contributed by atoms with Crippen molar-refractivity contribution in [2.24, 2.45) is 0 Å². The molecule has 0 spiro atoms. The Balaban J connectivity index is 1.62. The molecule has 1 heterocycles. The van der Waals surface area contributed by atoms with Crippen LogP contribution in [0.5, 0.6) is 0 Å². The van der Waals surface area contributed by atoms with E-state index in [1.807, 2.05) is 30.3 Å². The summed E-state index contributed by atoms with van der Waals surface area (Å²) in [6.07, 6.45) is 1.35. The lowest BCUT2D eigenvalue weighted by molar-refractivity contribution is 0.0917. The first-order valence-corrected chi connectivity index (χ1v) is 7.40. The van der Waals surface area contributed by atoms with E-state index >= 15 is 0 Å². The first-order valence-electron chi connectivity index (χ1n) is 7.40. The number of aliphatic hydroxyl groups is 1. The van der Waals surface area contributed by atoms with E-state index in [0.717, 1.165) is 5.56 Å². The molecule has 118 valence electrons. The van der Waals surface area contributed by atoms with E-state index < -0.39 is 6.10 Å². The van der Waals surface area contributed by atoms with Crippen LogP contribution < -0.4 is 5.32 Å². The zero-order chi connectivity index (χ0) is 16.2. The third-order valence-electron chi connectivity index (χ3n) is 3.70. The molecule has 2 aromatic carbocycles. The fourth-order valence-electron chi connectivity index (χ4n) is 2.55. The molecule has 0 fully saturated rings. The topological polar surface area (TPSA) is 65.1 Å². The van der Waals surface area contributed by atoms with Crippen molar-refractivity contribution in [3.05, 3.63) is 71.7 Å². The van der Waals surface area contributed by atoms with Crippen molar-refractivity contribution >= 4 is 16.8 Å². The summed E-state index contributed by atoms with van der Waals surface area (Å²) >= 11 is 0. The maximum Gasteiger partial charge on any atom is 0.253 e. The number of nitrogens with one attached hydrogen (secondary N) is 2. The quantitative estimate of drug-likeness (QED) is 0.678. The SMILES string of the molecule is O=C(NCC(O)Cc1ccccc1)c1c[nH]c2cc(F)ccc12. The van der Waals surface area contributed by atoms with Crippen LogP contribution in [-0.2, 0) is 6.42 Å². The number of hydrogen-bond donors (Lipinski definition) is 3. The molecule has 0 aliphatic carbocycles. The second-order valence-corrected chi connectivity index (χ2v) is 5.45. The molecule has 1 atom stereocenters. The standard InChI is InChI=1S/C18H17FN2O2/c19-13-6-7-15-16(11-20-17(15)9-13)18(23)21-10-14(22)8-12-4-2-1-3-5-12/h1-7,9,11,14,20,22H,8,10H2,(H,21,23). The van der Waals surface area contributed by atoms with Gasteiger partial charge < -0.3 is 15.4 Å². The van der Waals surface area contributed by atoms with Crippen LogP contribution >= 0.6 is 0 Å². The third kappa shape index (κ3) is 3.57. The number of benzene rings is 2. The summed E-state index contributed by atoms with van der Waals surface area (Å²) in [7, 11) is 0. The summed E-state index contributed by atoms with van der Waals surface area (Å²) in [5, 5.41) is 13.4. The summed E-state index contributed by atoms with van der Waals surface area (Å²) in [4.78, 5) is 15.1. The predicted octanol–water partition coefficient (Wildman–Crippen LogP) is 2.64. The number of aliphatic hydroxyl groups excluding tert-OH is 1. The number of rotatable bonds is 5. The van der Waals surface area contributed by atoms with Crippen LogP contribution in [0, 0.1) is 5.82 Å². The van der Waals surface area contributed by atoms with Gasteiger partial charge in [-0.1, -0.05) is 30.3 Å². The predicted molar refractivity (Wildman–Crippen MR) is 86.7 cm³/mol. The molecule has 5 heteroatoms. The van der Waals surface area contributed by atoms with Crippen molar-refractivity contribution in [3.8, 4) is 0 Å². The van der Waals surface area contributed by atoms with Gasteiger partial charge in [-0.2, -0.15) is 0 Å². The number of aromatic amines is 1. The maximum atomic E-state index is 13.2. The molecule has 3 aromatic rings. The first kappa shape index (κ1) is 15.2. The first-order chi connectivity index (χ1) is 11.1. The lowest BCUT2D eigenvalue weighted by Gasteiger charge is -2.11. The molecule has 0 saturated heterocycles. The number of H-pyrrole nitrogens is 1. The molecule has 0 aliphatic heterocycles. The number of amides is 1. The zero-order valence-electron chi connectivity index (χ0n) is 12.4. The van der Waals surface area contributed by atoms with E-state index in [9.17, 15) is 14.3 Å². The lowest BCUT2D eigenvalue weighted by atomic mass is 10.1. The molecular weight excluding hydrogens is 295 g/mol. The zero-order valence-corrected chi connectivity index (χ0v) is 12.4. The summed E-state index contributed by atoms with van der Waals surface area (Å²) in [6.45, 7) is 0.154. The van der Waals surface area contributed by atoms with Gasteiger partial charge in [0, 0.05) is 30.1 Å². The summed E-state index contributed by atoms with van der Waals surface area (Å²) in [6, 6.07) is 13.8. The number of carbonyl (C=O) groups excluding carboxylic acids is 1. The minimum absolute atomic E-state index is 0.154. The van der Waals surface area contributed by atoms with Crippen LogP contribution in [0.4, 0.5) is 4.39 Å². The Morgan fingerprint density at radius 2 is 2.00 bits per heavy atom. The van der Waals surface area contributed by atoms with Crippen LogP contribution in [0.2, 0.25) is 0 Å². The van der Waals surface area contributed by atoms with Gasteiger partial charge in [-0.15, -0.1) is 0 Å². The Kier molecular flexibility index (Phi) is 4.39. The Hall–Kier alpha value is -2.66. The highest BCUT2D eigenvalue weighted by Gasteiger charge is 2.14. The van der Waals surface area contributed by atoms with E-state index in [1.54, 1.807) is 12.3 Å². The number of aromatic nitrogens is 1. The maximum absolute atomic E-state index is 13.2. The fourth-order valence-corrected chi connectivity index (χ4v) is 2.55. The Bertz CT molecular complexity index is 814.